The van der Waals surface area contributed by atoms with E-state index in [1.807, 2.05) is 0 Å². The number of aromatic nitrogens is 2. The van der Waals surface area contributed by atoms with Crippen molar-refractivity contribution in [2.45, 2.75) is 13.8 Å². The number of aliphatic imine (C=N–C) groups is 1. The van der Waals surface area contributed by atoms with Crippen LogP contribution in [0, 0.1) is 12.7 Å². The number of nitrogens with zero attached hydrogens (tertiary/aromatic N) is 2. The molecule has 0 radical (unpaired) electrons. The predicted molar refractivity (Wildman–Crippen MR) is 99.4 cm³/mol. The molecular formula is C18H14Cl2FN3O. The van der Waals surface area contributed by atoms with Gasteiger partial charge in [-0.1, -0.05) is 23.2 Å². The number of nitrogens with one attached hydrogen (secondary N) is 1. The fourth-order valence-electron chi connectivity index (χ4n) is 2.55. The Kier molecular flexibility index (Phi) is 4.79. The summed E-state index contributed by atoms with van der Waals surface area (Å²) in [6.45, 7) is 3.53. The van der Waals surface area contributed by atoms with Crippen LogP contribution in [0.3, 0.4) is 0 Å². The minimum absolute atomic E-state index is 0.259. The maximum Gasteiger partial charge on any atom is 0.280 e. The van der Waals surface area contributed by atoms with Crippen LogP contribution in [0.15, 0.2) is 52.3 Å². The highest BCUT2D eigenvalue weighted by molar-refractivity contribution is 6.42. The van der Waals surface area contributed by atoms with E-state index in [-0.39, 0.29) is 11.4 Å². The smallest absolute Gasteiger partial charge is 0.280 e. The molecule has 0 saturated carbocycles. The molecule has 3 aromatic rings. The number of hydrogen-bond donors (Lipinski definition) is 1. The number of aryl methyl sites for hydroxylation is 1. The number of rotatable bonds is 3. The molecule has 0 aliphatic carbocycles. The zero-order chi connectivity index (χ0) is 18.1. The molecule has 0 unspecified atom stereocenters. The average Bonchev–Trinajstić information content (AvgIpc) is 2.86. The SMILES string of the molecule is CC(=Nc1ccc(Cl)c(Cl)c1)c1c(C)[nH]n(-c2ccc(F)cc2)c1=O. The van der Waals surface area contributed by atoms with Crippen LogP contribution in [0.25, 0.3) is 5.69 Å². The molecule has 0 atom stereocenters. The molecule has 2 aromatic carbocycles. The van der Waals surface area contributed by atoms with Crippen molar-refractivity contribution in [2.24, 2.45) is 4.99 Å². The van der Waals surface area contributed by atoms with Crippen molar-refractivity contribution < 1.29 is 4.39 Å². The van der Waals surface area contributed by atoms with Crippen LogP contribution in [0.4, 0.5) is 10.1 Å². The molecule has 0 aliphatic heterocycles. The van der Waals surface area contributed by atoms with Gasteiger partial charge in [0, 0.05) is 5.69 Å². The summed E-state index contributed by atoms with van der Waals surface area (Å²) in [7, 11) is 0. The Bertz CT molecular complexity index is 1020. The molecule has 4 nitrogen and oxygen atoms in total. The Balaban J connectivity index is 2.05. The van der Waals surface area contributed by atoms with Gasteiger partial charge in [0.25, 0.3) is 5.56 Å². The van der Waals surface area contributed by atoms with Gasteiger partial charge in [0.15, 0.2) is 0 Å². The molecule has 25 heavy (non-hydrogen) atoms. The van der Waals surface area contributed by atoms with Crippen LogP contribution in [0.1, 0.15) is 18.2 Å². The van der Waals surface area contributed by atoms with Crippen molar-refractivity contribution in [1.29, 1.82) is 0 Å². The van der Waals surface area contributed by atoms with Crippen LogP contribution < -0.4 is 5.56 Å². The van der Waals surface area contributed by atoms with Gasteiger partial charge in [-0.3, -0.25) is 14.9 Å². The Morgan fingerprint density at radius 2 is 1.80 bits per heavy atom. The van der Waals surface area contributed by atoms with Crippen molar-refractivity contribution in [2.75, 3.05) is 0 Å². The molecule has 0 bridgehead atoms. The molecule has 0 spiro atoms. The van der Waals surface area contributed by atoms with Gasteiger partial charge in [0.2, 0.25) is 0 Å². The summed E-state index contributed by atoms with van der Waals surface area (Å²) in [5.41, 5.74) is 2.54. The van der Waals surface area contributed by atoms with Gasteiger partial charge in [0.1, 0.15) is 5.82 Å². The largest absolute Gasteiger partial charge is 0.295 e. The molecule has 7 heteroatoms. The second kappa shape index (κ2) is 6.86. The standard InChI is InChI=1S/C18H14Cl2FN3O/c1-10(22-13-5-8-15(19)16(20)9-13)17-11(2)23-24(18(17)25)14-6-3-12(21)4-7-14/h3-9,23H,1-2H3. The molecular weight excluding hydrogens is 364 g/mol. The van der Waals surface area contributed by atoms with Gasteiger partial charge in [0.05, 0.1) is 32.7 Å². The molecule has 0 fully saturated rings. The lowest BCUT2D eigenvalue weighted by Gasteiger charge is -2.01. The molecule has 0 saturated heterocycles. The van der Waals surface area contributed by atoms with E-state index in [1.165, 1.54) is 28.9 Å². The fourth-order valence-corrected chi connectivity index (χ4v) is 2.84. The summed E-state index contributed by atoms with van der Waals surface area (Å²) in [6.07, 6.45) is 0. The van der Waals surface area contributed by atoms with E-state index in [9.17, 15) is 9.18 Å². The lowest BCUT2D eigenvalue weighted by molar-refractivity contribution is 0.627. The second-order valence-electron chi connectivity index (χ2n) is 5.52. The summed E-state index contributed by atoms with van der Waals surface area (Å²) in [5, 5.41) is 3.82. The van der Waals surface area contributed by atoms with Crippen molar-refractivity contribution in [3.63, 3.8) is 0 Å². The number of halogens is 3. The third-order valence-electron chi connectivity index (χ3n) is 3.72. The van der Waals surface area contributed by atoms with Gasteiger partial charge in [-0.25, -0.2) is 9.07 Å². The number of hydrogen-bond acceptors (Lipinski definition) is 2. The highest BCUT2D eigenvalue weighted by Crippen LogP contribution is 2.27. The third-order valence-corrected chi connectivity index (χ3v) is 4.46. The molecule has 128 valence electrons. The van der Waals surface area contributed by atoms with Crippen molar-refractivity contribution in [1.82, 2.24) is 9.78 Å². The van der Waals surface area contributed by atoms with Gasteiger partial charge < -0.3 is 0 Å². The van der Waals surface area contributed by atoms with E-state index >= 15 is 0 Å². The van der Waals surface area contributed by atoms with Crippen molar-refractivity contribution >= 4 is 34.6 Å². The molecule has 1 aromatic heterocycles. The van der Waals surface area contributed by atoms with E-state index in [2.05, 4.69) is 10.1 Å². The molecule has 3 rings (SSSR count). The number of benzene rings is 2. The van der Waals surface area contributed by atoms with E-state index in [1.54, 1.807) is 32.0 Å². The summed E-state index contributed by atoms with van der Waals surface area (Å²) in [5.74, 6) is -0.363. The second-order valence-corrected chi connectivity index (χ2v) is 6.34. The molecule has 0 amide bonds. The highest BCUT2D eigenvalue weighted by Gasteiger charge is 2.15. The van der Waals surface area contributed by atoms with E-state index in [0.29, 0.717) is 38.4 Å². The summed E-state index contributed by atoms with van der Waals surface area (Å²) in [4.78, 5) is 17.2. The van der Waals surface area contributed by atoms with Crippen LogP contribution in [-0.2, 0) is 0 Å². The number of H-pyrrole nitrogens is 1. The summed E-state index contributed by atoms with van der Waals surface area (Å²) < 4.78 is 14.4. The predicted octanol–water partition coefficient (Wildman–Crippen LogP) is 5.06. The highest BCUT2D eigenvalue weighted by atomic mass is 35.5. The maximum atomic E-state index is 13.1. The molecule has 0 aliphatic rings. The van der Waals surface area contributed by atoms with E-state index < -0.39 is 0 Å². The topological polar surface area (TPSA) is 50.1 Å². The third kappa shape index (κ3) is 3.52. The summed E-state index contributed by atoms with van der Waals surface area (Å²) in [6, 6.07) is 10.7. The normalized spacial score (nSPS) is 11.8. The zero-order valence-corrected chi connectivity index (χ0v) is 15.0. The van der Waals surface area contributed by atoms with E-state index in [0.717, 1.165) is 0 Å². The quantitative estimate of drug-likeness (QED) is 0.637. The Labute approximate surface area is 153 Å². The Morgan fingerprint density at radius 1 is 1.12 bits per heavy atom. The first-order valence-corrected chi connectivity index (χ1v) is 8.20. The first kappa shape index (κ1) is 17.5. The van der Waals surface area contributed by atoms with Gasteiger partial charge >= 0.3 is 0 Å². The zero-order valence-electron chi connectivity index (χ0n) is 13.5. The monoisotopic (exact) mass is 377 g/mol. The van der Waals surface area contributed by atoms with Gasteiger partial charge in [-0.05, 0) is 56.3 Å². The number of aromatic amines is 1. The Hall–Kier alpha value is -2.37. The minimum Gasteiger partial charge on any atom is -0.295 e. The summed E-state index contributed by atoms with van der Waals surface area (Å²) >= 11 is 11.9. The first-order chi connectivity index (χ1) is 11.9. The molecule has 1 heterocycles. The lowest BCUT2D eigenvalue weighted by Crippen LogP contribution is -2.19. The van der Waals surface area contributed by atoms with Crippen molar-refractivity contribution in [3.8, 4) is 5.69 Å². The van der Waals surface area contributed by atoms with Gasteiger partial charge in [-0.15, -0.1) is 0 Å². The van der Waals surface area contributed by atoms with Crippen LogP contribution in [0.2, 0.25) is 10.0 Å². The van der Waals surface area contributed by atoms with Crippen LogP contribution >= 0.6 is 23.2 Å². The van der Waals surface area contributed by atoms with Gasteiger partial charge in [-0.2, -0.15) is 0 Å². The Morgan fingerprint density at radius 3 is 2.44 bits per heavy atom. The van der Waals surface area contributed by atoms with E-state index in [4.69, 9.17) is 23.2 Å². The maximum absolute atomic E-state index is 13.1. The van der Waals surface area contributed by atoms with Crippen molar-refractivity contribution in [3.05, 3.63) is 79.9 Å². The lowest BCUT2D eigenvalue weighted by atomic mass is 10.1. The first-order valence-electron chi connectivity index (χ1n) is 7.45. The average molecular weight is 378 g/mol. The fraction of sp³-hybridized carbons (Fsp3) is 0.111. The minimum atomic E-state index is -0.363. The van der Waals surface area contributed by atoms with Crippen LogP contribution in [0.5, 0.6) is 0 Å². The molecule has 1 N–H and O–H groups in total. The van der Waals surface area contributed by atoms with Crippen LogP contribution in [-0.4, -0.2) is 15.5 Å².